The second-order valence-electron chi connectivity index (χ2n) is 5.40. The highest BCUT2D eigenvalue weighted by Gasteiger charge is 2.46. The van der Waals surface area contributed by atoms with Crippen molar-refractivity contribution in [2.75, 3.05) is 13.2 Å². The predicted molar refractivity (Wildman–Crippen MR) is 83.0 cm³/mol. The molecule has 0 amide bonds. The summed E-state index contributed by atoms with van der Waals surface area (Å²) in [6.45, 7) is 1.04. The highest BCUT2D eigenvalue weighted by molar-refractivity contribution is 5.79. The van der Waals surface area contributed by atoms with Crippen molar-refractivity contribution in [3.8, 4) is 0 Å². The first-order chi connectivity index (χ1) is 10.8. The van der Waals surface area contributed by atoms with Gasteiger partial charge in [-0.1, -0.05) is 43.7 Å². The van der Waals surface area contributed by atoms with Crippen molar-refractivity contribution in [1.82, 2.24) is 0 Å². The van der Waals surface area contributed by atoms with E-state index >= 15 is 0 Å². The van der Waals surface area contributed by atoms with E-state index in [4.69, 9.17) is 16.2 Å². The molecule has 7 heteroatoms. The number of benzene rings is 1. The van der Waals surface area contributed by atoms with Crippen molar-refractivity contribution < 1.29 is 23.4 Å². The average Bonchev–Trinajstić information content (AvgIpc) is 2.55. The highest BCUT2D eigenvalue weighted by atomic mass is 19.3. The molecular formula is C16H24F2N2O3. The number of carbonyl (C=O) groups excluding carboxylic acids is 1. The molecule has 3 atom stereocenters. The number of halogens is 2. The van der Waals surface area contributed by atoms with Gasteiger partial charge in [-0.05, 0) is 12.0 Å². The largest absolute Gasteiger partial charge is 0.465 e. The highest BCUT2D eigenvalue weighted by Crippen LogP contribution is 2.28. The minimum absolute atomic E-state index is 0.175. The van der Waals surface area contributed by atoms with Gasteiger partial charge < -0.3 is 21.3 Å². The van der Waals surface area contributed by atoms with Gasteiger partial charge in [-0.3, -0.25) is 4.79 Å². The van der Waals surface area contributed by atoms with Crippen molar-refractivity contribution in [1.29, 1.82) is 0 Å². The number of hydrogen-bond acceptors (Lipinski definition) is 5. The number of alkyl halides is 2. The van der Waals surface area contributed by atoms with Crippen LogP contribution in [0.15, 0.2) is 30.3 Å². The number of nitrogens with two attached hydrogens (primary N) is 2. The van der Waals surface area contributed by atoms with Gasteiger partial charge in [0.15, 0.2) is 0 Å². The molecule has 0 fully saturated rings. The van der Waals surface area contributed by atoms with Crippen LogP contribution in [0, 0.1) is 0 Å². The Kier molecular flexibility index (Phi) is 7.54. The summed E-state index contributed by atoms with van der Waals surface area (Å²) in [7, 11) is 0. The minimum Gasteiger partial charge on any atom is -0.465 e. The third-order valence-corrected chi connectivity index (χ3v) is 3.61. The van der Waals surface area contributed by atoms with Gasteiger partial charge in [0.1, 0.15) is 6.10 Å². The zero-order chi connectivity index (χ0) is 17.5. The lowest BCUT2D eigenvalue weighted by molar-refractivity contribution is -0.151. The molecule has 0 aliphatic carbocycles. The van der Waals surface area contributed by atoms with Gasteiger partial charge in [0.25, 0.3) is 5.92 Å². The van der Waals surface area contributed by atoms with Crippen molar-refractivity contribution >= 4 is 5.97 Å². The molecule has 5 nitrogen and oxygen atoms in total. The Morgan fingerprint density at radius 3 is 2.48 bits per heavy atom. The van der Waals surface area contributed by atoms with E-state index in [9.17, 15) is 18.7 Å². The zero-order valence-electron chi connectivity index (χ0n) is 13.1. The smallest absolute Gasteiger partial charge is 0.315 e. The number of unbranched alkanes of at least 4 members (excludes halogenated alkanes) is 1. The lowest BCUT2D eigenvalue weighted by Gasteiger charge is -2.31. The Hall–Kier alpha value is -1.57. The Morgan fingerprint density at radius 2 is 1.96 bits per heavy atom. The number of aliphatic hydroxyl groups excluding tert-OH is 1. The number of carbonyl (C=O) groups is 1. The van der Waals surface area contributed by atoms with Gasteiger partial charge in [-0.2, -0.15) is 0 Å². The Morgan fingerprint density at radius 1 is 1.35 bits per heavy atom. The summed E-state index contributed by atoms with van der Waals surface area (Å²) in [6.07, 6.45) is -0.774. The van der Waals surface area contributed by atoms with E-state index in [-0.39, 0.29) is 6.61 Å². The molecule has 0 bridgehead atoms. The van der Waals surface area contributed by atoms with Crippen LogP contribution >= 0.6 is 0 Å². The fraction of sp³-hybridized carbons (Fsp3) is 0.562. The molecular weight excluding hydrogens is 306 g/mol. The van der Waals surface area contributed by atoms with E-state index in [1.807, 2.05) is 6.92 Å². The van der Waals surface area contributed by atoms with E-state index in [1.165, 1.54) is 0 Å². The second-order valence-corrected chi connectivity index (χ2v) is 5.40. The molecule has 130 valence electrons. The molecule has 0 aliphatic heterocycles. The normalized spacial score (nSPS) is 15.7. The van der Waals surface area contributed by atoms with Gasteiger partial charge in [-0.25, -0.2) is 8.78 Å². The zero-order valence-corrected chi connectivity index (χ0v) is 13.1. The topological polar surface area (TPSA) is 98.6 Å². The summed E-state index contributed by atoms with van der Waals surface area (Å²) in [6, 6.07) is 6.66. The first-order valence-electron chi connectivity index (χ1n) is 7.58. The maximum absolute atomic E-state index is 13.6. The molecule has 1 aromatic rings. The van der Waals surface area contributed by atoms with Crippen molar-refractivity contribution in [3.63, 3.8) is 0 Å². The molecule has 1 aromatic carbocycles. The minimum atomic E-state index is -3.59. The van der Waals surface area contributed by atoms with E-state index in [0.29, 0.717) is 12.0 Å². The number of esters is 1. The monoisotopic (exact) mass is 330 g/mol. The van der Waals surface area contributed by atoms with Gasteiger partial charge in [0.2, 0.25) is 0 Å². The maximum atomic E-state index is 13.6. The van der Waals surface area contributed by atoms with Crippen LogP contribution in [0.5, 0.6) is 0 Å². The van der Waals surface area contributed by atoms with Crippen LogP contribution in [0.25, 0.3) is 0 Å². The molecule has 0 aliphatic rings. The van der Waals surface area contributed by atoms with Crippen LogP contribution in [0.3, 0.4) is 0 Å². The first-order valence-corrected chi connectivity index (χ1v) is 7.58. The third-order valence-electron chi connectivity index (χ3n) is 3.61. The lowest BCUT2D eigenvalue weighted by atomic mass is 9.86. The molecule has 0 spiro atoms. The van der Waals surface area contributed by atoms with Crippen LogP contribution in [-0.4, -0.2) is 42.3 Å². The van der Waals surface area contributed by atoms with Crippen LogP contribution in [0.2, 0.25) is 0 Å². The summed E-state index contributed by atoms with van der Waals surface area (Å²) in [4.78, 5) is 12.3. The van der Waals surface area contributed by atoms with Crippen molar-refractivity contribution in [2.45, 2.75) is 43.8 Å². The van der Waals surface area contributed by atoms with Gasteiger partial charge in [0.05, 0.1) is 25.1 Å². The van der Waals surface area contributed by atoms with E-state index in [0.717, 1.165) is 6.42 Å². The summed E-state index contributed by atoms with van der Waals surface area (Å²) >= 11 is 0. The Labute approximate surface area is 134 Å². The van der Waals surface area contributed by atoms with E-state index in [1.54, 1.807) is 30.3 Å². The summed E-state index contributed by atoms with van der Waals surface area (Å²) in [5, 5.41) is 9.83. The van der Waals surface area contributed by atoms with Gasteiger partial charge >= 0.3 is 5.97 Å². The number of ether oxygens (including phenoxy) is 1. The SMILES string of the molecule is CCCCOC(=O)C(c1ccccc1)C(N)C(O)C(F)(F)CN. The third kappa shape index (κ3) is 5.23. The molecule has 0 heterocycles. The van der Waals surface area contributed by atoms with Crippen LogP contribution in [0.1, 0.15) is 31.2 Å². The molecule has 0 saturated heterocycles. The van der Waals surface area contributed by atoms with Crippen LogP contribution in [0.4, 0.5) is 8.78 Å². The number of hydrogen-bond donors (Lipinski definition) is 3. The van der Waals surface area contributed by atoms with Gasteiger partial charge in [-0.15, -0.1) is 0 Å². The summed E-state index contributed by atoms with van der Waals surface area (Å²) in [5.41, 5.74) is 11.2. The Balaban J connectivity index is 3.02. The summed E-state index contributed by atoms with van der Waals surface area (Å²) in [5.74, 6) is -5.51. The fourth-order valence-corrected chi connectivity index (χ4v) is 2.17. The summed E-state index contributed by atoms with van der Waals surface area (Å²) < 4.78 is 32.4. The quantitative estimate of drug-likeness (QED) is 0.469. The van der Waals surface area contributed by atoms with Crippen LogP contribution < -0.4 is 11.5 Å². The van der Waals surface area contributed by atoms with Crippen molar-refractivity contribution in [3.05, 3.63) is 35.9 Å². The molecule has 5 N–H and O–H groups in total. The predicted octanol–water partition coefficient (Wildman–Crippen LogP) is 1.40. The standard InChI is InChI=1S/C16H24F2N2O3/c1-2-3-9-23-15(22)12(11-7-5-4-6-8-11)13(20)14(21)16(17,18)10-19/h4-8,12-14,21H,2-3,9-10,19-20H2,1H3. The Bertz CT molecular complexity index is 485. The average molecular weight is 330 g/mol. The number of aliphatic hydroxyl groups is 1. The lowest BCUT2D eigenvalue weighted by Crippen LogP contribution is -2.54. The molecule has 3 unspecified atom stereocenters. The first kappa shape index (κ1) is 19.5. The van der Waals surface area contributed by atoms with E-state index < -0.39 is 36.5 Å². The van der Waals surface area contributed by atoms with Crippen molar-refractivity contribution in [2.24, 2.45) is 11.5 Å². The van der Waals surface area contributed by atoms with Gasteiger partial charge in [0, 0.05) is 0 Å². The maximum Gasteiger partial charge on any atom is 0.315 e. The fourth-order valence-electron chi connectivity index (χ4n) is 2.17. The van der Waals surface area contributed by atoms with Crippen LogP contribution in [-0.2, 0) is 9.53 Å². The number of rotatable bonds is 9. The molecule has 0 radical (unpaired) electrons. The van der Waals surface area contributed by atoms with E-state index in [2.05, 4.69) is 0 Å². The molecule has 23 heavy (non-hydrogen) atoms. The molecule has 0 aromatic heterocycles. The second kappa shape index (κ2) is 8.90. The molecule has 1 rings (SSSR count). The molecule has 0 saturated carbocycles.